The molecule has 0 aromatic rings. The van der Waals surface area contributed by atoms with Gasteiger partial charge in [-0.1, -0.05) is 0 Å². The molecule has 118 valence electrons. The van der Waals surface area contributed by atoms with Crippen molar-refractivity contribution in [1.29, 1.82) is 0 Å². The van der Waals surface area contributed by atoms with Crippen LogP contribution in [0.4, 0.5) is 4.79 Å². The molecule has 2 heterocycles. The highest BCUT2D eigenvalue weighted by atomic mass is 16.6. The first-order valence-electron chi connectivity index (χ1n) is 7.45. The van der Waals surface area contributed by atoms with Gasteiger partial charge in [-0.2, -0.15) is 0 Å². The van der Waals surface area contributed by atoms with Crippen LogP contribution >= 0.6 is 0 Å². The highest BCUT2D eigenvalue weighted by Gasteiger charge is 2.53. The summed E-state index contributed by atoms with van der Waals surface area (Å²) in [5.74, 6) is -0.920. The Balaban J connectivity index is 2.25. The predicted octanol–water partition coefficient (Wildman–Crippen LogP) is 1.91. The van der Waals surface area contributed by atoms with Gasteiger partial charge in [-0.05, 0) is 40.5 Å². The third-order valence-electron chi connectivity index (χ3n) is 3.87. The van der Waals surface area contributed by atoms with Crippen molar-refractivity contribution in [2.75, 3.05) is 6.61 Å². The average Bonchev–Trinajstić information content (AvgIpc) is 2.36. The first kappa shape index (κ1) is 15.8. The molecule has 6 nitrogen and oxygen atoms in total. The van der Waals surface area contributed by atoms with Crippen LogP contribution in [0.25, 0.3) is 0 Å². The van der Waals surface area contributed by atoms with E-state index in [2.05, 4.69) is 0 Å². The molecule has 1 amide bonds. The van der Waals surface area contributed by atoms with Crippen LogP contribution in [0.15, 0.2) is 0 Å². The van der Waals surface area contributed by atoms with Crippen LogP contribution in [-0.4, -0.2) is 47.0 Å². The number of ketones is 1. The zero-order chi connectivity index (χ0) is 15.8. The average molecular weight is 297 g/mol. The topological polar surface area (TPSA) is 72.9 Å². The first-order chi connectivity index (χ1) is 9.74. The Bertz CT molecular complexity index is 453. The molecular formula is C15H23NO5. The summed E-state index contributed by atoms with van der Waals surface area (Å²) in [6.07, 6.45) is 1.13. The molecule has 0 N–H and O–H groups in total. The molecule has 21 heavy (non-hydrogen) atoms. The second-order valence-corrected chi connectivity index (χ2v) is 6.59. The van der Waals surface area contributed by atoms with Crippen molar-refractivity contribution in [2.24, 2.45) is 5.92 Å². The summed E-state index contributed by atoms with van der Waals surface area (Å²) in [5.41, 5.74) is -0.642. The van der Waals surface area contributed by atoms with Gasteiger partial charge in [0, 0.05) is 18.4 Å². The van der Waals surface area contributed by atoms with Crippen LogP contribution in [0.5, 0.6) is 0 Å². The summed E-state index contributed by atoms with van der Waals surface area (Å²) in [4.78, 5) is 38.1. The lowest BCUT2D eigenvalue weighted by Gasteiger charge is -2.48. The van der Waals surface area contributed by atoms with Crippen molar-refractivity contribution in [2.45, 2.75) is 64.6 Å². The molecule has 3 rings (SSSR count). The zero-order valence-corrected chi connectivity index (χ0v) is 13.0. The Morgan fingerprint density at radius 2 is 1.95 bits per heavy atom. The predicted molar refractivity (Wildman–Crippen MR) is 74.6 cm³/mol. The number of carbonyl (C=O) groups is 3. The molecule has 6 heteroatoms. The molecule has 1 unspecified atom stereocenters. The van der Waals surface area contributed by atoms with E-state index in [1.54, 1.807) is 27.7 Å². The van der Waals surface area contributed by atoms with E-state index in [4.69, 9.17) is 9.47 Å². The number of fused-ring (bicyclic) bond motifs is 3. The fourth-order valence-corrected chi connectivity index (χ4v) is 3.09. The Kier molecular flexibility index (Phi) is 4.25. The molecule has 3 aliphatic rings. The van der Waals surface area contributed by atoms with Crippen LogP contribution in [-0.2, 0) is 19.1 Å². The molecule has 0 radical (unpaired) electrons. The normalized spacial score (nSPS) is 28.5. The van der Waals surface area contributed by atoms with Crippen molar-refractivity contribution >= 4 is 17.8 Å². The van der Waals surface area contributed by atoms with Gasteiger partial charge in [-0.25, -0.2) is 9.59 Å². The van der Waals surface area contributed by atoms with E-state index < -0.39 is 29.6 Å². The molecule has 2 aliphatic heterocycles. The van der Waals surface area contributed by atoms with Crippen molar-refractivity contribution < 1.29 is 23.9 Å². The second kappa shape index (κ2) is 5.66. The smallest absolute Gasteiger partial charge is 0.411 e. The first-order valence-corrected chi connectivity index (χ1v) is 7.45. The van der Waals surface area contributed by atoms with Gasteiger partial charge < -0.3 is 9.47 Å². The lowest BCUT2D eigenvalue weighted by molar-refractivity contribution is -0.162. The van der Waals surface area contributed by atoms with Crippen molar-refractivity contribution in [1.82, 2.24) is 4.90 Å². The maximum Gasteiger partial charge on any atom is 0.411 e. The zero-order valence-electron chi connectivity index (χ0n) is 13.0. The molecule has 2 saturated heterocycles. The van der Waals surface area contributed by atoms with Gasteiger partial charge in [0.15, 0.2) is 0 Å². The summed E-state index contributed by atoms with van der Waals surface area (Å²) in [6, 6.07) is -1.09. The van der Waals surface area contributed by atoms with E-state index in [0.29, 0.717) is 12.8 Å². The summed E-state index contributed by atoms with van der Waals surface area (Å²) >= 11 is 0. The minimum Gasteiger partial charge on any atom is -0.464 e. The number of ether oxygens (including phenoxy) is 2. The summed E-state index contributed by atoms with van der Waals surface area (Å²) in [7, 11) is 0. The number of rotatable bonds is 2. The van der Waals surface area contributed by atoms with Crippen LogP contribution in [0, 0.1) is 5.92 Å². The minimum absolute atomic E-state index is 0.0455. The molecule has 2 bridgehead atoms. The number of nitrogens with zero attached hydrogens (tertiary/aromatic N) is 1. The molecule has 3 atom stereocenters. The highest BCUT2D eigenvalue weighted by Crippen LogP contribution is 2.38. The van der Waals surface area contributed by atoms with Crippen LogP contribution in [0.3, 0.4) is 0 Å². The second-order valence-electron chi connectivity index (χ2n) is 6.59. The van der Waals surface area contributed by atoms with Gasteiger partial charge in [0.05, 0.1) is 6.61 Å². The lowest BCUT2D eigenvalue weighted by atomic mass is 9.74. The van der Waals surface area contributed by atoms with Gasteiger partial charge in [0.1, 0.15) is 17.4 Å². The van der Waals surface area contributed by atoms with Gasteiger partial charge >= 0.3 is 12.1 Å². The third-order valence-corrected chi connectivity index (χ3v) is 3.87. The molecule has 1 aliphatic carbocycles. The molecule has 0 aromatic heterocycles. The standard InChI is InChI=1S/C15H23NO5/c1-5-20-13(18)12-10-7-6-9(8-11(10)17)16(12)14(19)21-15(2,3)4/h9-10,12H,5-8H2,1-4H3/t9-,10+,12?/m0/s1. The summed E-state index contributed by atoms with van der Waals surface area (Å²) in [5, 5.41) is 0. The third kappa shape index (κ3) is 3.19. The highest BCUT2D eigenvalue weighted by molar-refractivity contribution is 5.94. The SMILES string of the molecule is CCOC(=O)C1[C@@H]2CC[C@@H](CC2=O)N1C(=O)OC(C)(C)C. The van der Waals surface area contributed by atoms with Gasteiger partial charge in [-0.15, -0.1) is 0 Å². The lowest BCUT2D eigenvalue weighted by Crippen LogP contribution is -2.64. The van der Waals surface area contributed by atoms with E-state index in [9.17, 15) is 14.4 Å². The largest absolute Gasteiger partial charge is 0.464 e. The quantitative estimate of drug-likeness (QED) is 0.728. The number of hydrogen-bond acceptors (Lipinski definition) is 5. The number of Topliss-reactive ketones (excluding diaryl/α,β-unsaturated/α-hetero) is 1. The van der Waals surface area contributed by atoms with Gasteiger partial charge in [-0.3, -0.25) is 9.69 Å². The number of carbonyl (C=O) groups excluding carboxylic acids is 3. The van der Waals surface area contributed by atoms with Gasteiger partial charge in [0.2, 0.25) is 0 Å². The number of esters is 1. The Hall–Kier alpha value is -1.59. The summed E-state index contributed by atoms with van der Waals surface area (Å²) in [6.45, 7) is 7.26. The molecule has 3 fully saturated rings. The molecule has 1 saturated carbocycles. The van der Waals surface area contributed by atoms with Crippen molar-refractivity contribution in [3.63, 3.8) is 0 Å². The van der Waals surface area contributed by atoms with E-state index in [1.165, 1.54) is 4.90 Å². The molecule has 0 aromatic carbocycles. The number of hydrogen-bond donors (Lipinski definition) is 0. The van der Waals surface area contributed by atoms with Crippen LogP contribution in [0.2, 0.25) is 0 Å². The van der Waals surface area contributed by atoms with Crippen molar-refractivity contribution in [3.8, 4) is 0 Å². The maximum absolute atomic E-state index is 12.4. The molecular weight excluding hydrogens is 274 g/mol. The monoisotopic (exact) mass is 297 g/mol. The number of piperidine rings is 2. The Labute approximate surface area is 124 Å². The fraction of sp³-hybridized carbons (Fsp3) is 0.800. The molecule has 0 spiro atoms. The van der Waals surface area contributed by atoms with Gasteiger partial charge in [0.25, 0.3) is 0 Å². The van der Waals surface area contributed by atoms with Crippen LogP contribution in [0.1, 0.15) is 47.0 Å². The minimum atomic E-state index is -0.834. The van der Waals surface area contributed by atoms with E-state index in [-0.39, 0.29) is 18.4 Å². The Morgan fingerprint density at radius 1 is 1.29 bits per heavy atom. The number of amides is 1. The van der Waals surface area contributed by atoms with Crippen molar-refractivity contribution in [3.05, 3.63) is 0 Å². The van der Waals surface area contributed by atoms with Crippen LogP contribution < -0.4 is 0 Å². The van der Waals surface area contributed by atoms with E-state index in [0.717, 1.165) is 6.42 Å². The van der Waals surface area contributed by atoms with E-state index in [1.807, 2.05) is 0 Å². The summed E-state index contributed by atoms with van der Waals surface area (Å²) < 4.78 is 10.4. The Morgan fingerprint density at radius 3 is 2.48 bits per heavy atom. The van der Waals surface area contributed by atoms with E-state index >= 15 is 0 Å². The maximum atomic E-state index is 12.4. The fourth-order valence-electron chi connectivity index (χ4n) is 3.09.